The Balaban J connectivity index is 2.48. The normalized spacial score (nSPS) is 12.6. The maximum absolute atomic E-state index is 10.8. The predicted molar refractivity (Wildman–Crippen MR) is 71.0 cm³/mol. The summed E-state index contributed by atoms with van der Waals surface area (Å²) in [6.45, 7) is 0. The molecule has 17 heavy (non-hydrogen) atoms. The lowest BCUT2D eigenvalue weighted by atomic mass is 9.99. The second kappa shape index (κ2) is 4.85. The molecule has 0 aliphatic rings. The average Bonchev–Trinajstić information content (AvgIpc) is 2.33. The molecule has 88 valence electrons. The Morgan fingerprint density at radius 3 is 2.53 bits per heavy atom. The Labute approximate surface area is 107 Å². The van der Waals surface area contributed by atoms with Crippen LogP contribution in [-0.4, -0.2) is 17.1 Å². The van der Waals surface area contributed by atoms with E-state index in [9.17, 15) is 4.79 Å². The summed E-state index contributed by atoms with van der Waals surface area (Å²) in [7, 11) is 0. The van der Waals surface area contributed by atoms with Gasteiger partial charge in [-0.25, -0.2) is 0 Å². The van der Waals surface area contributed by atoms with Crippen LogP contribution in [0.2, 0.25) is 0 Å². The molecular weight excluding hydrogens is 282 g/mol. The van der Waals surface area contributed by atoms with Crippen molar-refractivity contribution in [2.45, 2.75) is 12.5 Å². The van der Waals surface area contributed by atoms with Crippen LogP contribution in [0.15, 0.2) is 40.9 Å². The van der Waals surface area contributed by atoms with Crippen molar-refractivity contribution in [3.05, 3.63) is 46.4 Å². The van der Waals surface area contributed by atoms with Gasteiger partial charge in [0.2, 0.25) is 0 Å². The molecule has 0 aromatic heterocycles. The van der Waals surface area contributed by atoms with Crippen molar-refractivity contribution in [3.63, 3.8) is 0 Å². The molecule has 0 amide bonds. The number of hydrogen-bond acceptors (Lipinski definition) is 2. The summed E-state index contributed by atoms with van der Waals surface area (Å²) in [5.74, 6) is -0.975. The Kier molecular flexibility index (Phi) is 3.45. The van der Waals surface area contributed by atoms with Crippen LogP contribution in [0.1, 0.15) is 5.56 Å². The van der Waals surface area contributed by atoms with Gasteiger partial charge >= 0.3 is 5.97 Å². The van der Waals surface area contributed by atoms with Gasteiger partial charge in [0.25, 0.3) is 0 Å². The molecular formula is C13H12BrNO2. The van der Waals surface area contributed by atoms with E-state index in [2.05, 4.69) is 15.9 Å². The minimum Gasteiger partial charge on any atom is -0.480 e. The van der Waals surface area contributed by atoms with Crippen molar-refractivity contribution < 1.29 is 9.90 Å². The molecule has 0 aliphatic heterocycles. The number of carboxylic acid groups (broad SMARTS) is 1. The number of carboxylic acids is 1. The van der Waals surface area contributed by atoms with E-state index in [0.717, 1.165) is 20.8 Å². The number of aliphatic carboxylic acids is 1. The van der Waals surface area contributed by atoms with Gasteiger partial charge < -0.3 is 10.8 Å². The Bertz CT molecular complexity index is 568. The smallest absolute Gasteiger partial charge is 0.320 e. The molecule has 1 unspecified atom stereocenters. The minimum atomic E-state index is -0.975. The van der Waals surface area contributed by atoms with E-state index in [-0.39, 0.29) is 0 Å². The Morgan fingerprint density at radius 2 is 1.88 bits per heavy atom. The first-order chi connectivity index (χ1) is 8.09. The van der Waals surface area contributed by atoms with Crippen LogP contribution in [0.5, 0.6) is 0 Å². The summed E-state index contributed by atoms with van der Waals surface area (Å²) in [4.78, 5) is 10.8. The van der Waals surface area contributed by atoms with E-state index >= 15 is 0 Å². The van der Waals surface area contributed by atoms with E-state index in [1.165, 1.54) is 0 Å². The molecule has 4 heteroatoms. The largest absolute Gasteiger partial charge is 0.480 e. The van der Waals surface area contributed by atoms with Crippen molar-refractivity contribution in [2.24, 2.45) is 5.73 Å². The second-order valence-corrected chi connectivity index (χ2v) is 4.76. The van der Waals surface area contributed by atoms with E-state index < -0.39 is 12.0 Å². The van der Waals surface area contributed by atoms with Crippen molar-refractivity contribution in [2.75, 3.05) is 0 Å². The van der Waals surface area contributed by atoms with Gasteiger partial charge in [0.05, 0.1) is 0 Å². The number of halogens is 1. The van der Waals surface area contributed by atoms with E-state index in [1.807, 2.05) is 36.4 Å². The zero-order valence-electron chi connectivity index (χ0n) is 9.06. The maximum Gasteiger partial charge on any atom is 0.320 e. The van der Waals surface area contributed by atoms with Gasteiger partial charge in [-0.1, -0.05) is 46.3 Å². The number of rotatable bonds is 3. The van der Waals surface area contributed by atoms with E-state index in [1.54, 1.807) is 0 Å². The minimum absolute atomic E-state index is 0.336. The molecule has 2 rings (SSSR count). The fourth-order valence-corrected chi connectivity index (χ4v) is 2.30. The molecule has 0 spiro atoms. The fraction of sp³-hybridized carbons (Fsp3) is 0.154. The standard InChI is InChI=1S/C13H12BrNO2/c14-11-6-5-8(7-12(15)13(16)17)9-3-1-2-4-10(9)11/h1-6,12H,7,15H2,(H,16,17). The third-order valence-corrected chi connectivity index (χ3v) is 3.41. The highest BCUT2D eigenvalue weighted by atomic mass is 79.9. The topological polar surface area (TPSA) is 63.3 Å². The number of benzene rings is 2. The zero-order chi connectivity index (χ0) is 12.4. The lowest BCUT2D eigenvalue weighted by Crippen LogP contribution is -2.32. The first-order valence-corrected chi connectivity index (χ1v) is 6.03. The number of carbonyl (C=O) groups is 1. The molecule has 0 fully saturated rings. The van der Waals surface area contributed by atoms with Crippen LogP contribution >= 0.6 is 15.9 Å². The molecule has 0 aliphatic carbocycles. The first kappa shape index (κ1) is 12.1. The summed E-state index contributed by atoms with van der Waals surface area (Å²) in [5.41, 5.74) is 6.52. The molecule has 0 radical (unpaired) electrons. The second-order valence-electron chi connectivity index (χ2n) is 3.90. The van der Waals surface area contributed by atoms with Gasteiger partial charge in [0.15, 0.2) is 0 Å². The molecule has 0 bridgehead atoms. The van der Waals surface area contributed by atoms with Crippen molar-refractivity contribution >= 4 is 32.7 Å². The summed E-state index contributed by atoms with van der Waals surface area (Å²) >= 11 is 3.48. The number of nitrogens with two attached hydrogens (primary N) is 1. The van der Waals surface area contributed by atoms with Crippen molar-refractivity contribution in [3.8, 4) is 0 Å². The monoisotopic (exact) mass is 293 g/mol. The van der Waals surface area contributed by atoms with Gasteiger partial charge in [-0.15, -0.1) is 0 Å². The molecule has 0 heterocycles. The lowest BCUT2D eigenvalue weighted by molar-refractivity contribution is -0.138. The van der Waals surface area contributed by atoms with E-state index in [0.29, 0.717) is 6.42 Å². The highest BCUT2D eigenvalue weighted by molar-refractivity contribution is 9.10. The lowest BCUT2D eigenvalue weighted by Gasteiger charge is -2.10. The van der Waals surface area contributed by atoms with Gasteiger partial charge in [0, 0.05) is 4.47 Å². The van der Waals surface area contributed by atoms with Gasteiger partial charge in [0.1, 0.15) is 6.04 Å². The van der Waals surface area contributed by atoms with Crippen molar-refractivity contribution in [1.82, 2.24) is 0 Å². The van der Waals surface area contributed by atoms with Crippen molar-refractivity contribution in [1.29, 1.82) is 0 Å². The SMILES string of the molecule is NC(Cc1ccc(Br)c2ccccc12)C(=O)O. The van der Waals surface area contributed by atoms with Gasteiger partial charge in [-0.3, -0.25) is 4.79 Å². The highest BCUT2D eigenvalue weighted by Gasteiger charge is 2.14. The molecule has 3 N–H and O–H groups in total. The van der Waals surface area contributed by atoms with Crippen LogP contribution in [0.25, 0.3) is 10.8 Å². The Morgan fingerprint density at radius 1 is 1.24 bits per heavy atom. The molecule has 0 saturated heterocycles. The molecule has 2 aromatic rings. The maximum atomic E-state index is 10.8. The molecule has 3 nitrogen and oxygen atoms in total. The van der Waals surface area contributed by atoms with Gasteiger partial charge in [-0.05, 0) is 28.8 Å². The van der Waals surface area contributed by atoms with Crippen LogP contribution in [-0.2, 0) is 11.2 Å². The van der Waals surface area contributed by atoms with Crippen LogP contribution < -0.4 is 5.73 Å². The first-order valence-electron chi connectivity index (χ1n) is 5.24. The summed E-state index contributed by atoms with van der Waals surface area (Å²) in [5, 5.41) is 10.9. The molecule has 0 saturated carbocycles. The summed E-state index contributed by atoms with van der Waals surface area (Å²) in [6, 6.07) is 10.8. The van der Waals surface area contributed by atoms with Gasteiger partial charge in [-0.2, -0.15) is 0 Å². The zero-order valence-corrected chi connectivity index (χ0v) is 10.6. The highest BCUT2D eigenvalue weighted by Crippen LogP contribution is 2.27. The predicted octanol–water partition coefficient (Wildman–Crippen LogP) is 2.56. The van der Waals surface area contributed by atoms with Crippen LogP contribution in [0.3, 0.4) is 0 Å². The number of fused-ring (bicyclic) bond motifs is 1. The quantitative estimate of drug-likeness (QED) is 0.914. The van der Waals surface area contributed by atoms with Crippen LogP contribution in [0, 0.1) is 0 Å². The molecule has 2 aromatic carbocycles. The third kappa shape index (κ3) is 2.48. The van der Waals surface area contributed by atoms with E-state index in [4.69, 9.17) is 10.8 Å². The third-order valence-electron chi connectivity index (χ3n) is 2.72. The average molecular weight is 294 g/mol. The van der Waals surface area contributed by atoms with Crippen LogP contribution in [0.4, 0.5) is 0 Å². The summed E-state index contributed by atoms with van der Waals surface area (Å²) in [6.07, 6.45) is 0.336. The number of hydrogen-bond donors (Lipinski definition) is 2. The summed E-state index contributed by atoms with van der Waals surface area (Å²) < 4.78 is 1.00. The molecule has 1 atom stereocenters. The Hall–Kier alpha value is -1.39. The fourth-order valence-electron chi connectivity index (χ4n) is 1.83.